The summed E-state index contributed by atoms with van der Waals surface area (Å²) in [6.07, 6.45) is 1.91. The van der Waals surface area contributed by atoms with Crippen LogP contribution < -0.4 is 10.1 Å². The van der Waals surface area contributed by atoms with Crippen LogP contribution >= 0.6 is 0 Å². The van der Waals surface area contributed by atoms with E-state index in [0.717, 1.165) is 11.1 Å². The molecule has 200 valence electrons. The van der Waals surface area contributed by atoms with Crippen LogP contribution in [0.15, 0.2) is 30.4 Å². The van der Waals surface area contributed by atoms with Crippen LogP contribution in [0, 0.1) is 5.41 Å². The maximum Gasteiger partial charge on any atom is 0.410 e. The Morgan fingerprint density at radius 2 is 1.84 bits per heavy atom. The molecule has 11 nitrogen and oxygen atoms in total. The van der Waals surface area contributed by atoms with Gasteiger partial charge < -0.3 is 29.5 Å². The standard InChI is InChI=1S/C26H33N3O8/c1-26(2,3)21-22(30)29-15-19(12-20(29)23(31)32)37-25(34)28-13-16-7-8-18(11-17(16)14-28)35-9-5-4-6-10-36-24(33)27-21/h4-5,7-8,11,19-21H,6,9-10,12-15H2,1-3H3,(H,27,33)(H,31,32)/b5-4+/t19-,20?,21-/m1/s1. The molecule has 3 amide bonds. The maximum absolute atomic E-state index is 13.5. The summed E-state index contributed by atoms with van der Waals surface area (Å²) in [5.74, 6) is -1.11. The van der Waals surface area contributed by atoms with Gasteiger partial charge in [0, 0.05) is 19.5 Å². The van der Waals surface area contributed by atoms with Gasteiger partial charge >= 0.3 is 18.2 Å². The number of hydrogen-bond acceptors (Lipinski definition) is 7. The van der Waals surface area contributed by atoms with E-state index >= 15 is 0 Å². The largest absolute Gasteiger partial charge is 0.490 e. The van der Waals surface area contributed by atoms with E-state index in [4.69, 9.17) is 14.2 Å². The van der Waals surface area contributed by atoms with Gasteiger partial charge in [0.1, 0.15) is 30.5 Å². The van der Waals surface area contributed by atoms with Crippen molar-refractivity contribution in [3.63, 3.8) is 0 Å². The summed E-state index contributed by atoms with van der Waals surface area (Å²) in [7, 11) is 0. The molecular weight excluding hydrogens is 482 g/mol. The third-order valence-electron chi connectivity index (χ3n) is 6.66. The van der Waals surface area contributed by atoms with E-state index in [1.54, 1.807) is 20.8 Å². The summed E-state index contributed by atoms with van der Waals surface area (Å²) in [4.78, 5) is 53.6. The highest BCUT2D eigenvalue weighted by Crippen LogP contribution is 2.30. The van der Waals surface area contributed by atoms with Gasteiger partial charge in [0.25, 0.3) is 0 Å². The molecule has 1 fully saturated rings. The van der Waals surface area contributed by atoms with Gasteiger partial charge in [-0.1, -0.05) is 39.0 Å². The van der Waals surface area contributed by atoms with Crippen molar-refractivity contribution in [2.24, 2.45) is 5.41 Å². The Morgan fingerprint density at radius 3 is 2.57 bits per heavy atom. The molecule has 2 N–H and O–H groups in total. The van der Waals surface area contributed by atoms with Crippen LogP contribution in [-0.2, 0) is 32.2 Å². The molecule has 3 atom stereocenters. The average molecular weight is 516 g/mol. The van der Waals surface area contributed by atoms with Crippen LogP contribution in [0.5, 0.6) is 5.75 Å². The summed E-state index contributed by atoms with van der Waals surface area (Å²) in [5, 5.41) is 12.4. The normalized spacial score (nSPS) is 26.0. The molecule has 3 aliphatic rings. The first-order chi connectivity index (χ1) is 17.5. The summed E-state index contributed by atoms with van der Waals surface area (Å²) < 4.78 is 16.6. The molecule has 4 rings (SSSR count). The molecule has 11 heteroatoms. The molecule has 0 spiro atoms. The zero-order valence-electron chi connectivity index (χ0n) is 21.3. The minimum absolute atomic E-state index is 0.0424. The Morgan fingerprint density at radius 1 is 1.08 bits per heavy atom. The van der Waals surface area contributed by atoms with Crippen LogP contribution in [-0.4, -0.2) is 76.9 Å². The summed E-state index contributed by atoms with van der Waals surface area (Å²) in [6, 6.07) is 3.39. The second kappa shape index (κ2) is 10.7. The highest BCUT2D eigenvalue weighted by molar-refractivity contribution is 5.90. The summed E-state index contributed by atoms with van der Waals surface area (Å²) >= 11 is 0. The number of carbonyl (C=O) groups is 4. The number of alkyl carbamates (subject to hydrolysis) is 1. The quantitative estimate of drug-likeness (QED) is 0.545. The lowest BCUT2D eigenvalue weighted by Gasteiger charge is -2.34. The van der Waals surface area contributed by atoms with Gasteiger partial charge in [0.05, 0.1) is 13.2 Å². The first-order valence-corrected chi connectivity index (χ1v) is 12.3. The molecule has 1 unspecified atom stereocenters. The van der Waals surface area contributed by atoms with Gasteiger partial charge in [-0.05, 0) is 35.1 Å². The van der Waals surface area contributed by atoms with Crippen molar-refractivity contribution >= 4 is 24.1 Å². The minimum Gasteiger partial charge on any atom is -0.490 e. The fourth-order valence-corrected chi connectivity index (χ4v) is 4.69. The number of carboxylic acids is 1. The number of amides is 3. The van der Waals surface area contributed by atoms with Gasteiger partial charge in [0.2, 0.25) is 5.91 Å². The second-order valence-corrected chi connectivity index (χ2v) is 10.5. The van der Waals surface area contributed by atoms with E-state index < -0.39 is 47.7 Å². The van der Waals surface area contributed by atoms with Gasteiger partial charge in [0.15, 0.2) is 0 Å². The first-order valence-electron chi connectivity index (χ1n) is 12.3. The molecule has 0 radical (unpaired) electrons. The number of hydrogen-bond donors (Lipinski definition) is 2. The Hall–Kier alpha value is -3.76. The number of carboxylic acid groups (broad SMARTS) is 1. The lowest BCUT2D eigenvalue weighted by Crippen LogP contribution is -2.57. The maximum atomic E-state index is 13.5. The fourth-order valence-electron chi connectivity index (χ4n) is 4.69. The molecule has 5 bridgehead atoms. The van der Waals surface area contributed by atoms with E-state index in [9.17, 15) is 24.3 Å². The van der Waals surface area contributed by atoms with Crippen molar-refractivity contribution in [3.05, 3.63) is 41.5 Å². The van der Waals surface area contributed by atoms with Crippen molar-refractivity contribution in [2.75, 3.05) is 19.8 Å². The third kappa shape index (κ3) is 6.15. The number of benzene rings is 1. The van der Waals surface area contributed by atoms with Gasteiger partial charge in [-0.2, -0.15) is 0 Å². The lowest BCUT2D eigenvalue weighted by molar-refractivity contribution is -0.150. The van der Waals surface area contributed by atoms with E-state index in [1.807, 2.05) is 30.4 Å². The van der Waals surface area contributed by atoms with E-state index in [0.29, 0.717) is 31.9 Å². The second-order valence-electron chi connectivity index (χ2n) is 10.5. The number of cyclic esters (lactones) is 1. The van der Waals surface area contributed by atoms with Crippen LogP contribution in [0.4, 0.5) is 9.59 Å². The monoisotopic (exact) mass is 515 g/mol. The molecule has 3 heterocycles. The number of nitrogens with zero attached hydrogens (tertiary/aromatic N) is 2. The molecule has 1 aromatic rings. The first kappa shape index (κ1) is 26.3. The predicted molar refractivity (Wildman–Crippen MR) is 131 cm³/mol. The van der Waals surface area contributed by atoms with Crippen molar-refractivity contribution in [1.82, 2.24) is 15.1 Å². The molecular formula is C26H33N3O8. The molecule has 1 aromatic carbocycles. The van der Waals surface area contributed by atoms with Gasteiger partial charge in [-0.25, -0.2) is 14.4 Å². The number of ether oxygens (including phenoxy) is 3. The zero-order valence-corrected chi connectivity index (χ0v) is 21.3. The molecule has 0 aliphatic carbocycles. The van der Waals surface area contributed by atoms with Gasteiger partial charge in [-0.3, -0.25) is 9.69 Å². The van der Waals surface area contributed by atoms with Crippen molar-refractivity contribution in [1.29, 1.82) is 0 Å². The number of nitrogens with one attached hydrogen (secondary N) is 1. The lowest BCUT2D eigenvalue weighted by atomic mass is 9.85. The van der Waals surface area contributed by atoms with E-state index in [-0.39, 0.29) is 19.6 Å². The van der Waals surface area contributed by atoms with Gasteiger partial charge in [-0.15, -0.1) is 0 Å². The molecule has 0 saturated carbocycles. The topological polar surface area (TPSA) is 135 Å². The minimum atomic E-state index is -1.20. The molecule has 37 heavy (non-hydrogen) atoms. The van der Waals surface area contributed by atoms with Crippen molar-refractivity contribution in [3.8, 4) is 5.75 Å². The third-order valence-corrected chi connectivity index (χ3v) is 6.66. The van der Waals surface area contributed by atoms with E-state index in [1.165, 1.54) is 9.80 Å². The Bertz CT molecular complexity index is 1100. The Kier molecular flexibility index (Phi) is 7.60. The summed E-state index contributed by atoms with van der Waals surface area (Å²) in [5.41, 5.74) is 1.19. The van der Waals surface area contributed by atoms with E-state index in [2.05, 4.69) is 5.32 Å². The average Bonchev–Trinajstić information content (AvgIpc) is 3.44. The predicted octanol–water partition coefficient (Wildman–Crippen LogP) is 2.67. The Balaban J connectivity index is 1.57. The smallest absolute Gasteiger partial charge is 0.410 e. The van der Waals surface area contributed by atoms with Crippen LogP contribution in [0.3, 0.4) is 0 Å². The molecule has 0 aromatic heterocycles. The van der Waals surface area contributed by atoms with Crippen molar-refractivity contribution < 1.29 is 38.5 Å². The van der Waals surface area contributed by atoms with Crippen LogP contribution in [0.25, 0.3) is 0 Å². The highest BCUT2D eigenvalue weighted by atomic mass is 16.6. The van der Waals surface area contributed by atoms with Crippen molar-refractivity contribution in [2.45, 2.75) is 64.9 Å². The van der Waals surface area contributed by atoms with Crippen LogP contribution in [0.1, 0.15) is 44.7 Å². The zero-order chi connectivity index (χ0) is 26.7. The number of rotatable bonds is 1. The fraction of sp³-hybridized carbons (Fsp3) is 0.538. The Labute approximate surface area is 215 Å². The highest BCUT2D eigenvalue weighted by Gasteiger charge is 2.46. The number of aliphatic carboxylic acids is 1. The number of fused-ring (bicyclic) bond motifs is 4. The summed E-state index contributed by atoms with van der Waals surface area (Å²) in [6.45, 7) is 6.34. The molecule has 3 aliphatic heterocycles. The SMILES string of the molecule is CC(C)(C)[C@@H]1NC(=O)OCC/C=C/COc2ccc3c(c2)CN(C3)C(=O)O[C@@H]2CC(C(=O)O)N(C2)C1=O. The number of carbonyl (C=O) groups excluding carboxylic acids is 3. The molecule has 1 saturated heterocycles. The van der Waals surface area contributed by atoms with Crippen LogP contribution in [0.2, 0.25) is 0 Å².